The highest BCUT2D eigenvalue weighted by molar-refractivity contribution is 5.76. The molecule has 0 aromatic rings. The van der Waals surface area contributed by atoms with Crippen LogP contribution in [0, 0.1) is 5.92 Å². The van der Waals surface area contributed by atoms with E-state index >= 15 is 0 Å². The van der Waals surface area contributed by atoms with Crippen LogP contribution in [-0.4, -0.2) is 31.1 Å². The van der Waals surface area contributed by atoms with Crippen molar-refractivity contribution in [1.29, 1.82) is 0 Å². The van der Waals surface area contributed by atoms with Gasteiger partial charge in [0.2, 0.25) is 5.91 Å². The number of amides is 1. The predicted molar refractivity (Wildman–Crippen MR) is 64.0 cm³/mol. The van der Waals surface area contributed by atoms with Gasteiger partial charge in [-0.15, -0.1) is 0 Å². The fourth-order valence-electron chi connectivity index (χ4n) is 3.01. The quantitative estimate of drug-likeness (QED) is 0.592. The molecule has 0 spiro atoms. The minimum absolute atomic E-state index is 0.208. The van der Waals surface area contributed by atoms with Crippen LogP contribution in [0.4, 0.5) is 0 Å². The number of nitrogens with two attached hydrogens (primary N) is 1. The van der Waals surface area contributed by atoms with Crippen molar-refractivity contribution in [2.24, 2.45) is 11.7 Å². The molecule has 2 atom stereocenters. The van der Waals surface area contributed by atoms with Crippen molar-refractivity contribution < 1.29 is 4.79 Å². The normalized spacial score (nSPS) is 32.7. The van der Waals surface area contributed by atoms with E-state index in [1.54, 1.807) is 0 Å². The van der Waals surface area contributed by atoms with Crippen molar-refractivity contribution in [1.82, 2.24) is 10.6 Å². The molecule has 0 aromatic carbocycles. The number of hydrogen-bond acceptors (Lipinski definition) is 3. The average Bonchev–Trinajstić information content (AvgIpc) is 2.58. The van der Waals surface area contributed by atoms with Gasteiger partial charge in [0.25, 0.3) is 0 Å². The van der Waals surface area contributed by atoms with Crippen LogP contribution in [0.3, 0.4) is 0 Å². The van der Waals surface area contributed by atoms with Crippen molar-refractivity contribution >= 4 is 5.91 Å². The molecule has 2 aliphatic rings. The summed E-state index contributed by atoms with van der Waals surface area (Å²) in [5, 5.41) is 6.54. The van der Waals surface area contributed by atoms with Crippen molar-refractivity contribution in [2.75, 3.05) is 13.1 Å². The SMILES string of the molecule is NCCCNC(=O)CC1CC2CCC(C1)N2. The van der Waals surface area contributed by atoms with Crippen LogP contribution in [-0.2, 0) is 4.79 Å². The average molecular weight is 225 g/mol. The molecule has 2 rings (SSSR count). The van der Waals surface area contributed by atoms with Crippen molar-refractivity contribution in [3.63, 3.8) is 0 Å². The van der Waals surface area contributed by atoms with Crippen LogP contribution in [0.25, 0.3) is 0 Å². The van der Waals surface area contributed by atoms with Crippen molar-refractivity contribution in [3.8, 4) is 0 Å². The number of hydrogen-bond donors (Lipinski definition) is 3. The molecular weight excluding hydrogens is 202 g/mol. The molecule has 2 bridgehead atoms. The molecule has 2 saturated heterocycles. The third kappa shape index (κ3) is 3.19. The second kappa shape index (κ2) is 5.64. The minimum atomic E-state index is 0.208. The minimum Gasteiger partial charge on any atom is -0.356 e. The van der Waals surface area contributed by atoms with E-state index in [-0.39, 0.29) is 5.91 Å². The first kappa shape index (κ1) is 11.9. The Bertz CT molecular complexity index is 232. The summed E-state index contributed by atoms with van der Waals surface area (Å²) in [6.45, 7) is 1.38. The largest absolute Gasteiger partial charge is 0.356 e. The lowest BCUT2D eigenvalue weighted by atomic mass is 9.89. The lowest BCUT2D eigenvalue weighted by Crippen LogP contribution is -2.39. The van der Waals surface area contributed by atoms with Gasteiger partial charge in [0.1, 0.15) is 0 Å². The highest BCUT2D eigenvalue weighted by Crippen LogP contribution is 2.32. The van der Waals surface area contributed by atoms with E-state index < -0.39 is 0 Å². The molecule has 16 heavy (non-hydrogen) atoms. The van der Waals surface area contributed by atoms with Crippen LogP contribution in [0.1, 0.15) is 38.5 Å². The molecule has 92 valence electrons. The molecule has 0 saturated carbocycles. The molecule has 2 fully saturated rings. The highest BCUT2D eigenvalue weighted by atomic mass is 16.1. The summed E-state index contributed by atoms with van der Waals surface area (Å²) in [7, 11) is 0. The van der Waals surface area contributed by atoms with Gasteiger partial charge in [-0.1, -0.05) is 0 Å². The van der Waals surface area contributed by atoms with Gasteiger partial charge < -0.3 is 16.4 Å². The van der Waals surface area contributed by atoms with E-state index in [0.29, 0.717) is 31.0 Å². The van der Waals surface area contributed by atoms with Gasteiger partial charge in [0.15, 0.2) is 0 Å². The zero-order chi connectivity index (χ0) is 11.4. The van der Waals surface area contributed by atoms with Gasteiger partial charge in [-0.05, 0) is 44.6 Å². The van der Waals surface area contributed by atoms with Crippen LogP contribution < -0.4 is 16.4 Å². The van der Waals surface area contributed by atoms with Crippen LogP contribution in [0.2, 0.25) is 0 Å². The molecule has 4 heteroatoms. The highest BCUT2D eigenvalue weighted by Gasteiger charge is 2.33. The van der Waals surface area contributed by atoms with E-state index in [1.807, 2.05) is 0 Å². The summed E-state index contributed by atoms with van der Waals surface area (Å²) < 4.78 is 0. The van der Waals surface area contributed by atoms with Gasteiger partial charge in [-0.3, -0.25) is 4.79 Å². The summed E-state index contributed by atoms with van der Waals surface area (Å²) in [6.07, 6.45) is 6.55. The lowest BCUT2D eigenvalue weighted by Gasteiger charge is -2.28. The summed E-state index contributed by atoms with van der Waals surface area (Å²) in [6, 6.07) is 1.36. The number of carbonyl (C=O) groups is 1. The third-order valence-electron chi connectivity index (χ3n) is 3.75. The maximum atomic E-state index is 11.6. The Hall–Kier alpha value is -0.610. The molecule has 0 radical (unpaired) electrons. The first-order valence-electron chi connectivity index (χ1n) is 6.50. The second-order valence-corrected chi connectivity index (χ2v) is 5.17. The standard InChI is InChI=1S/C12H23N3O/c13-4-1-5-14-12(16)8-9-6-10-2-3-11(7-9)15-10/h9-11,15H,1-8,13H2,(H,14,16). The summed E-state index contributed by atoms with van der Waals surface area (Å²) >= 11 is 0. The maximum Gasteiger partial charge on any atom is 0.220 e. The molecule has 2 unspecified atom stereocenters. The number of piperidine rings is 1. The number of carbonyl (C=O) groups excluding carboxylic acids is 1. The van der Waals surface area contributed by atoms with E-state index in [9.17, 15) is 4.79 Å². The van der Waals surface area contributed by atoms with E-state index in [1.165, 1.54) is 25.7 Å². The molecule has 1 amide bonds. The third-order valence-corrected chi connectivity index (χ3v) is 3.75. The molecule has 4 N–H and O–H groups in total. The van der Waals surface area contributed by atoms with Crippen LogP contribution >= 0.6 is 0 Å². The summed E-state index contributed by atoms with van der Waals surface area (Å²) in [5.74, 6) is 0.802. The van der Waals surface area contributed by atoms with Gasteiger partial charge in [0, 0.05) is 25.0 Å². The zero-order valence-electron chi connectivity index (χ0n) is 9.87. The Kier molecular flexibility index (Phi) is 4.18. The molecule has 2 heterocycles. The molecule has 0 aliphatic carbocycles. The lowest BCUT2D eigenvalue weighted by molar-refractivity contribution is -0.122. The Labute approximate surface area is 97.3 Å². The maximum absolute atomic E-state index is 11.6. The molecular formula is C12H23N3O. The Morgan fingerprint density at radius 3 is 2.62 bits per heavy atom. The molecule has 4 nitrogen and oxygen atoms in total. The fraction of sp³-hybridized carbons (Fsp3) is 0.917. The molecule has 2 aliphatic heterocycles. The summed E-state index contributed by atoms with van der Waals surface area (Å²) in [4.78, 5) is 11.6. The Morgan fingerprint density at radius 1 is 1.31 bits per heavy atom. The number of fused-ring (bicyclic) bond motifs is 2. The number of rotatable bonds is 5. The second-order valence-electron chi connectivity index (χ2n) is 5.17. The van der Waals surface area contributed by atoms with Crippen LogP contribution in [0.5, 0.6) is 0 Å². The Balaban J connectivity index is 1.67. The fourth-order valence-corrected chi connectivity index (χ4v) is 3.01. The predicted octanol–water partition coefficient (Wildman–Crippen LogP) is 0.372. The van der Waals surface area contributed by atoms with Gasteiger partial charge in [-0.25, -0.2) is 0 Å². The molecule has 0 aromatic heterocycles. The van der Waals surface area contributed by atoms with E-state index in [2.05, 4.69) is 10.6 Å². The smallest absolute Gasteiger partial charge is 0.220 e. The van der Waals surface area contributed by atoms with E-state index in [0.717, 1.165) is 13.0 Å². The zero-order valence-corrected chi connectivity index (χ0v) is 9.87. The summed E-state index contributed by atoms with van der Waals surface area (Å²) in [5.41, 5.74) is 5.38. The first-order chi connectivity index (χ1) is 7.78. The monoisotopic (exact) mass is 225 g/mol. The van der Waals surface area contributed by atoms with E-state index in [4.69, 9.17) is 5.73 Å². The van der Waals surface area contributed by atoms with Crippen molar-refractivity contribution in [2.45, 2.75) is 50.6 Å². The van der Waals surface area contributed by atoms with Gasteiger partial charge >= 0.3 is 0 Å². The number of nitrogens with one attached hydrogen (secondary N) is 2. The first-order valence-corrected chi connectivity index (χ1v) is 6.50. The van der Waals surface area contributed by atoms with Gasteiger partial charge in [-0.2, -0.15) is 0 Å². The van der Waals surface area contributed by atoms with Gasteiger partial charge in [0.05, 0.1) is 0 Å². The van der Waals surface area contributed by atoms with Crippen molar-refractivity contribution in [3.05, 3.63) is 0 Å². The topological polar surface area (TPSA) is 67.1 Å². The Morgan fingerprint density at radius 2 is 2.00 bits per heavy atom. The van der Waals surface area contributed by atoms with Crippen LogP contribution in [0.15, 0.2) is 0 Å².